The number of hydrogen-bond acceptors (Lipinski definition) is 5. The summed E-state index contributed by atoms with van der Waals surface area (Å²) in [6.07, 6.45) is -0.630. The number of para-hydroxylation sites is 1. The highest BCUT2D eigenvalue weighted by Gasteiger charge is 2.39. The molecule has 0 saturated heterocycles. The van der Waals surface area contributed by atoms with E-state index in [0.29, 0.717) is 13.2 Å². The lowest BCUT2D eigenvalue weighted by molar-refractivity contribution is -0.131. The van der Waals surface area contributed by atoms with Crippen LogP contribution in [-0.4, -0.2) is 51.2 Å². The van der Waals surface area contributed by atoms with Crippen LogP contribution in [0.1, 0.15) is 21.9 Å². The summed E-state index contributed by atoms with van der Waals surface area (Å²) >= 11 is 1.69. The lowest BCUT2D eigenvalue weighted by Gasteiger charge is -2.29. The number of nitrogens with zero attached hydrogens (tertiary/aromatic N) is 2. The van der Waals surface area contributed by atoms with Crippen molar-refractivity contribution in [2.45, 2.75) is 29.8 Å². The second-order valence-electron chi connectivity index (χ2n) is 8.79. The van der Waals surface area contributed by atoms with E-state index in [2.05, 4.69) is 42.2 Å². The molecule has 3 aromatic rings. The number of ether oxygens (including phenoxy) is 2. The molecule has 34 heavy (non-hydrogen) atoms. The molecule has 0 fully saturated rings. The number of rotatable bonds is 8. The van der Waals surface area contributed by atoms with Crippen LogP contribution in [0.2, 0.25) is 0 Å². The first kappa shape index (κ1) is 24.3. The number of hydrogen-bond donors (Lipinski definition) is 0. The molecule has 5 nitrogen and oxygen atoms in total. The van der Waals surface area contributed by atoms with Crippen LogP contribution >= 0.6 is 11.8 Å². The third-order valence-corrected chi connectivity index (χ3v) is 7.33. The normalized spacial score (nSPS) is 18.0. The van der Waals surface area contributed by atoms with Crippen LogP contribution in [0.15, 0.2) is 77.7 Å². The maximum atomic E-state index is 14.0. The van der Waals surface area contributed by atoms with Crippen molar-refractivity contribution in [3.05, 3.63) is 89.5 Å². The Labute approximate surface area is 206 Å². The summed E-state index contributed by atoms with van der Waals surface area (Å²) in [6, 6.07) is 24.4. The second kappa shape index (κ2) is 11.1. The fourth-order valence-electron chi connectivity index (χ4n) is 3.98. The van der Waals surface area contributed by atoms with E-state index in [1.807, 2.05) is 61.5 Å². The number of amides is 1. The molecule has 2 atom stereocenters. The smallest absolute Gasteiger partial charge is 0.257 e. The average Bonchev–Trinajstić information content (AvgIpc) is 2.96. The van der Waals surface area contributed by atoms with Crippen LogP contribution in [0.5, 0.6) is 5.75 Å². The molecule has 1 aliphatic heterocycles. The predicted octanol–water partition coefficient (Wildman–Crippen LogP) is 5.33. The summed E-state index contributed by atoms with van der Waals surface area (Å²) in [5, 5.41) is -0.186. The van der Waals surface area contributed by atoms with Crippen molar-refractivity contribution >= 4 is 23.4 Å². The van der Waals surface area contributed by atoms with Crippen molar-refractivity contribution in [2.75, 3.05) is 39.2 Å². The third-order valence-electron chi connectivity index (χ3n) is 5.96. The monoisotopic (exact) mass is 476 g/mol. The molecule has 0 bridgehead atoms. The number of thioether (sulfide) groups is 1. The summed E-state index contributed by atoms with van der Waals surface area (Å²) in [5.74, 6) is 0.783. The first-order valence-corrected chi connectivity index (χ1v) is 12.4. The van der Waals surface area contributed by atoms with Crippen LogP contribution < -0.4 is 9.64 Å². The first-order chi connectivity index (χ1) is 16.5. The minimum Gasteiger partial charge on any atom is -0.497 e. The van der Waals surface area contributed by atoms with Crippen molar-refractivity contribution in [1.82, 2.24) is 4.90 Å². The van der Waals surface area contributed by atoms with Gasteiger partial charge in [-0.05, 0) is 56.4 Å². The molecular weight excluding hydrogens is 444 g/mol. The van der Waals surface area contributed by atoms with Crippen LogP contribution in [-0.2, 0) is 16.1 Å². The van der Waals surface area contributed by atoms with Crippen molar-refractivity contribution in [2.24, 2.45) is 0 Å². The number of fused-ring (bicyclic) bond motifs is 1. The fourth-order valence-corrected chi connectivity index (χ4v) is 5.32. The Morgan fingerprint density at radius 1 is 0.971 bits per heavy atom. The standard InChI is InChI=1S/C28H32N2O3S/c1-20-9-11-21(12-10-20)19-33-26-27(22-13-15-23(32-4)16-14-22)34-25-8-6-5-7-24(25)30(28(26)31)18-17-29(2)3/h5-16,26-27H,17-19H2,1-4H3/t26-,27+/m1/s1. The number of aryl methyl sites for hydroxylation is 1. The van der Waals surface area contributed by atoms with Gasteiger partial charge in [0.2, 0.25) is 0 Å². The Kier molecular flexibility index (Phi) is 7.93. The molecule has 1 amide bonds. The summed E-state index contributed by atoms with van der Waals surface area (Å²) < 4.78 is 11.8. The van der Waals surface area contributed by atoms with E-state index in [1.165, 1.54) is 5.56 Å². The molecular formula is C28H32N2O3S. The summed E-state index contributed by atoms with van der Waals surface area (Å²) in [7, 11) is 5.70. The molecule has 0 aromatic heterocycles. The van der Waals surface area contributed by atoms with Gasteiger partial charge in [0.15, 0.2) is 6.10 Å². The fraction of sp³-hybridized carbons (Fsp3) is 0.321. The van der Waals surface area contributed by atoms with Gasteiger partial charge in [0.25, 0.3) is 5.91 Å². The van der Waals surface area contributed by atoms with Gasteiger partial charge in [-0.1, -0.05) is 54.1 Å². The molecule has 1 aliphatic rings. The van der Waals surface area contributed by atoms with Gasteiger partial charge in [0, 0.05) is 18.0 Å². The van der Waals surface area contributed by atoms with E-state index < -0.39 is 6.10 Å². The van der Waals surface area contributed by atoms with Gasteiger partial charge in [-0.2, -0.15) is 0 Å². The van der Waals surface area contributed by atoms with E-state index in [9.17, 15) is 4.79 Å². The Bertz CT molecular complexity index is 1100. The van der Waals surface area contributed by atoms with Crippen molar-refractivity contribution in [3.63, 3.8) is 0 Å². The van der Waals surface area contributed by atoms with Crippen LogP contribution in [0, 0.1) is 6.92 Å². The highest BCUT2D eigenvalue weighted by atomic mass is 32.2. The topological polar surface area (TPSA) is 42.0 Å². The van der Waals surface area contributed by atoms with Gasteiger partial charge in [0.05, 0.1) is 24.7 Å². The van der Waals surface area contributed by atoms with E-state index in [0.717, 1.165) is 34.0 Å². The highest BCUT2D eigenvalue weighted by Crippen LogP contribution is 2.47. The molecule has 0 saturated carbocycles. The average molecular weight is 477 g/mol. The number of anilines is 1. The molecule has 0 radical (unpaired) electrons. The first-order valence-electron chi connectivity index (χ1n) is 11.5. The SMILES string of the molecule is COc1ccc([C@@H]2Sc3ccccc3N(CCN(C)C)C(=O)[C@@H]2OCc2ccc(C)cc2)cc1. The van der Waals surface area contributed by atoms with Gasteiger partial charge in [-0.3, -0.25) is 4.79 Å². The van der Waals surface area contributed by atoms with Crippen LogP contribution in [0.3, 0.4) is 0 Å². The minimum atomic E-state index is -0.630. The number of carbonyl (C=O) groups is 1. The van der Waals surface area contributed by atoms with E-state index in [-0.39, 0.29) is 11.2 Å². The van der Waals surface area contributed by atoms with Crippen molar-refractivity contribution < 1.29 is 14.3 Å². The molecule has 0 spiro atoms. The van der Waals surface area contributed by atoms with Gasteiger partial charge in [0.1, 0.15) is 5.75 Å². The molecule has 0 unspecified atom stereocenters. The summed E-state index contributed by atoms with van der Waals surface area (Å²) in [4.78, 5) is 19.1. The predicted molar refractivity (Wildman–Crippen MR) is 139 cm³/mol. The molecule has 1 heterocycles. The Morgan fingerprint density at radius 3 is 2.35 bits per heavy atom. The third kappa shape index (κ3) is 5.63. The number of carbonyl (C=O) groups excluding carboxylic acids is 1. The number of benzene rings is 3. The maximum Gasteiger partial charge on any atom is 0.257 e. The van der Waals surface area contributed by atoms with Crippen molar-refractivity contribution in [3.8, 4) is 5.75 Å². The molecule has 0 aliphatic carbocycles. The zero-order valence-corrected chi connectivity index (χ0v) is 21.0. The Balaban J connectivity index is 1.71. The van der Waals surface area contributed by atoms with Gasteiger partial charge >= 0.3 is 0 Å². The summed E-state index contributed by atoms with van der Waals surface area (Å²) in [6.45, 7) is 3.81. The zero-order chi connectivity index (χ0) is 24.1. The summed E-state index contributed by atoms with van der Waals surface area (Å²) in [5.41, 5.74) is 4.24. The molecule has 6 heteroatoms. The highest BCUT2D eigenvalue weighted by molar-refractivity contribution is 7.99. The van der Waals surface area contributed by atoms with Gasteiger partial charge in [-0.15, -0.1) is 11.8 Å². The van der Waals surface area contributed by atoms with E-state index in [1.54, 1.807) is 18.9 Å². The number of methoxy groups -OCH3 is 1. The molecule has 4 rings (SSSR count). The lowest BCUT2D eigenvalue weighted by Crippen LogP contribution is -2.44. The van der Waals surface area contributed by atoms with E-state index in [4.69, 9.17) is 9.47 Å². The van der Waals surface area contributed by atoms with Crippen LogP contribution in [0.4, 0.5) is 5.69 Å². The second-order valence-corrected chi connectivity index (χ2v) is 9.97. The lowest BCUT2D eigenvalue weighted by atomic mass is 10.1. The largest absolute Gasteiger partial charge is 0.497 e. The number of likely N-dealkylation sites (N-methyl/N-ethyl adjacent to an activating group) is 1. The minimum absolute atomic E-state index is 0.00719. The van der Waals surface area contributed by atoms with Crippen LogP contribution in [0.25, 0.3) is 0 Å². The zero-order valence-electron chi connectivity index (χ0n) is 20.2. The van der Waals surface area contributed by atoms with Gasteiger partial charge in [-0.25, -0.2) is 0 Å². The molecule has 178 valence electrons. The maximum absolute atomic E-state index is 14.0. The molecule has 3 aromatic carbocycles. The Hall–Kier alpha value is -2.80. The van der Waals surface area contributed by atoms with Crippen molar-refractivity contribution in [1.29, 1.82) is 0 Å². The molecule has 0 N–H and O–H groups in total. The van der Waals surface area contributed by atoms with E-state index >= 15 is 0 Å². The van der Waals surface area contributed by atoms with Gasteiger partial charge < -0.3 is 19.3 Å². The Morgan fingerprint density at radius 2 is 1.68 bits per heavy atom. The quantitative estimate of drug-likeness (QED) is 0.440.